The Hall–Kier alpha value is -1.14. The van der Waals surface area contributed by atoms with Crippen molar-refractivity contribution in [3.8, 4) is 0 Å². The summed E-state index contributed by atoms with van der Waals surface area (Å²) in [6, 6.07) is 2.94. The van der Waals surface area contributed by atoms with Crippen LogP contribution in [0.15, 0.2) is 22.9 Å². The number of aromatic nitrogens is 1. The number of halogens is 1. The molecule has 1 heterocycles. The molecule has 0 aromatic carbocycles. The van der Waals surface area contributed by atoms with Crippen molar-refractivity contribution in [2.45, 2.75) is 46.3 Å². The minimum absolute atomic E-state index is 0.213. The first kappa shape index (κ1) is 18.9. The van der Waals surface area contributed by atoms with Gasteiger partial charge in [0.05, 0.1) is 12.6 Å². The van der Waals surface area contributed by atoms with E-state index in [4.69, 9.17) is 4.74 Å². The molecule has 0 aliphatic carbocycles. The molecule has 0 saturated heterocycles. The van der Waals surface area contributed by atoms with E-state index >= 15 is 0 Å². The molecule has 0 radical (unpaired) electrons. The Bertz CT molecular complexity index is 419. The SMILES string of the molecule is CC.CC(C)(C)OC(=O)N[C@@H](CO)c1ccnc(Br)c1. The topological polar surface area (TPSA) is 71.5 Å². The third-order valence-corrected chi connectivity index (χ3v) is 2.46. The second-order valence-corrected chi connectivity index (χ2v) is 5.61. The second-order valence-electron chi connectivity index (χ2n) is 4.79. The highest BCUT2D eigenvalue weighted by molar-refractivity contribution is 9.10. The highest BCUT2D eigenvalue weighted by atomic mass is 79.9. The maximum absolute atomic E-state index is 11.6. The van der Waals surface area contributed by atoms with Gasteiger partial charge in [-0.3, -0.25) is 0 Å². The third kappa shape index (κ3) is 7.45. The first-order valence-corrected chi connectivity index (χ1v) is 7.33. The number of rotatable bonds is 3. The van der Waals surface area contributed by atoms with E-state index in [0.717, 1.165) is 5.56 Å². The molecule has 2 N–H and O–H groups in total. The van der Waals surface area contributed by atoms with E-state index in [0.29, 0.717) is 4.60 Å². The lowest BCUT2D eigenvalue weighted by Crippen LogP contribution is -2.36. The van der Waals surface area contributed by atoms with Gasteiger partial charge in [-0.15, -0.1) is 0 Å². The van der Waals surface area contributed by atoms with Crippen LogP contribution >= 0.6 is 15.9 Å². The molecule has 6 heteroatoms. The summed E-state index contributed by atoms with van der Waals surface area (Å²) < 4.78 is 5.78. The van der Waals surface area contributed by atoms with Gasteiger partial charge in [-0.25, -0.2) is 9.78 Å². The lowest BCUT2D eigenvalue weighted by Gasteiger charge is -2.23. The summed E-state index contributed by atoms with van der Waals surface area (Å²) >= 11 is 3.24. The molecule has 1 atom stereocenters. The molecule has 0 fully saturated rings. The Kier molecular flexibility index (Phi) is 8.41. The molecule has 0 saturated carbocycles. The molecule has 0 aliphatic rings. The summed E-state index contributed by atoms with van der Waals surface area (Å²) in [5, 5.41) is 11.9. The molecule has 0 spiro atoms. The molecular formula is C14H23BrN2O3. The van der Waals surface area contributed by atoms with Crippen molar-refractivity contribution in [2.75, 3.05) is 6.61 Å². The van der Waals surface area contributed by atoms with E-state index < -0.39 is 17.7 Å². The van der Waals surface area contributed by atoms with E-state index in [1.807, 2.05) is 13.8 Å². The number of nitrogens with one attached hydrogen (secondary N) is 1. The van der Waals surface area contributed by atoms with E-state index in [1.54, 1.807) is 39.1 Å². The standard InChI is InChI=1S/C12H17BrN2O3.C2H6/c1-12(2,3)18-11(17)15-9(7-16)8-4-5-14-10(13)6-8;1-2/h4-6,9,16H,7H2,1-3H3,(H,15,17);1-2H3/t9-;/m0./s1. The van der Waals surface area contributed by atoms with Crippen molar-refractivity contribution in [3.05, 3.63) is 28.5 Å². The summed E-state index contributed by atoms with van der Waals surface area (Å²) in [7, 11) is 0. The van der Waals surface area contributed by atoms with Gasteiger partial charge in [-0.05, 0) is 54.4 Å². The maximum Gasteiger partial charge on any atom is 0.408 e. The molecule has 1 amide bonds. The van der Waals surface area contributed by atoms with Gasteiger partial charge in [0.2, 0.25) is 0 Å². The lowest BCUT2D eigenvalue weighted by atomic mass is 10.1. The molecule has 114 valence electrons. The zero-order chi connectivity index (χ0) is 15.8. The predicted molar refractivity (Wildman–Crippen MR) is 82.5 cm³/mol. The van der Waals surface area contributed by atoms with Crippen molar-refractivity contribution < 1.29 is 14.6 Å². The van der Waals surface area contributed by atoms with E-state index in [2.05, 4.69) is 26.2 Å². The quantitative estimate of drug-likeness (QED) is 0.822. The van der Waals surface area contributed by atoms with Crippen LogP contribution in [0.25, 0.3) is 0 Å². The molecule has 1 rings (SSSR count). The molecule has 1 aromatic heterocycles. The molecule has 20 heavy (non-hydrogen) atoms. The van der Waals surface area contributed by atoms with Crippen LogP contribution < -0.4 is 5.32 Å². The number of ether oxygens (including phenoxy) is 1. The summed E-state index contributed by atoms with van der Waals surface area (Å²) in [4.78, 5) is 15.6. The summed E-state index contributed by atoms with van der Waals surface area (Å²) in [6.45, 7) is 9.13. The minimum Gasteiger partial charge on any atom is -0.444 e. The molecule has 0 unspecified atom stereocenters. The number of hydrogen-bond donors (Lipinski definition) is 2. The number of hydrogen-bond acceptors (Lipinski definition) is 4. The van der Waals surface area contributed by atoms with Crippen LogP contribution in [0.5, 0.6) is 0 Å². The van der Waals surface area contributed by atoms with Crippen LogP contribution in [0.3, 0.4) is 0 Å². The number of alkyl carbamates (subject to hydrolysis) is 1. The monoisotopic (exact) mass is 346 g/mol. The van der Waals surface area contributed by atoms with Crippen LogP contribution in [0, 0.1) is 0 Å². The van der Waals surface area contributed by atoms with Gasteiger partial charge in [-0.1, -0.05) is 13.8 Å². The van der Waals surface area contributed by atoms with Gasteiger partial charge < -0.3 is 15.2 Å². The van der Waals surface area contributed by atoms with Gasteiger partial charge >= 0.3 is 6.09 Å². The van der Waals surface area contributed by atoms with E-state index in [9.17, 15) is 9.90 Å². The Morgan fingerprint density at radius 2 is 2.10 bits per heavy atom. The Balaban J connectivity index is 0.00000172. The average Bonchev–Trinajstić information content (AvgIpc) is 2.36. The number of nitrogens with zero attached hydrogens (tertiary/aromatic N) is 1. The number of carbonyl (C=O) groups is 1. The molecule has 0 bridgehead atoms. The largest absolute Gasteiger partial charge is 0.444 e. The van der Waals surface area contributed by atoms with Gasteiger partial charge in [0.25, 0.3) is 0 Å². The highest BCUT2D eigenvalue weighted by Crippen LogP contribution is 2.16. The predicted octanol–water partition coefficient (Wildman–Crippen LogP) is 3.43. The smallest absolute Gasteiger partial charge is 0.408 e. The average molecular weight is 347 g/mol. The lowest BCUT2D eigenvalue weighted by molar-refractivity contribution is 0.0482. The molecule has 1 aromatic rings. The van der Waals surface area contributed by atoms with Gasteiger partial charge in [0.15, 0.2) is 0 Å². The highest BCUT2D eigenvalue weighted by Gasteiger charge is 2.20. The van der Waals surface area contributed by atoms with Crippen LogP contribution in [-0.2, 0) is 4.74 Å². The number of carbonyl (C=O) groups excluding carboxylic acids is 1. The fourth-order valence-electron chi connectivity index (χ4n) is 1.32. The number of aliphatic hydroxyl groups excluding tert-OH is 1. The number of amides is 1. The maximum atomic E-state index is 11.6. The van der Waals surface area contributed by atoms with Gasteiger partial charge in [0, 0.05) is 6.20 Å². The normalized spacial score (nSPS) is 11.9. The van der Waals surface area contributed by atoms with Crippen LogP contribution in [0.4, 0.5) is 4.79 Å². The summed E-state index contributed by atoms with van der Waals surface area (Å²) in [5.74, 6) is 0. The number of aliphatic hydroxyl groups is 1. The third-order valence-electron chi connectivity index (χ3n) is 2.03. The van der Waals surface area contributed by atoms with Crippen LogP contribution in [0.2, 0.25) is 0 Å². The van der Waals surface area contributed by atoms with Crippen LogP contribution in [0.1, 0.15) is 46.2 Å². The van der Waals surface area contributed by atoms with Crippen molar-refractivity contribution >= 4 is 22.0 Å². The van der Waals surface area contributed by atoms with Crippen LogP contribution in [-0.4, -0.2) is 28.4 Å². The Labute approximate surface area is 128 Å². The van der Waals surface area contributed by atoms with Crippen molar-refractivity contribution in [3.63, 3.8) is 0 Å². The second kappa shape index (κ2) is 8.92. The zero-order valence-electron chi connectivity index (χ0n) is 12.6. The van der Waals surface area contributed by atoms with E-state index in [-0.39, 0.29) is 6.61 Å². The zero-order valence-corrected chi connectivity index (χ0v) is 14.2. The summed E-state index contributed by atoms with van der Waals surface area (Å²) in [6.07, 6.45) is 1.04. The first-order chi connectivity index (χ1) is 9.31. The summed E-state index contributed by atoms with van der Waals surface area (Å²) in [5.41, 5.74) is 0.188. The fraction of sp³-hybridized carbons (Fsp3) is 0.571. The Morgan fingerprint density at radius 3 is 2.55 bits per heavy atom. The first-order valence-electron chi connectivity index (χ1n) is 6.53. The van der Waals surface area contributed by atoms with Crippen molar-refractivity contribution in [1.29, 1.82) is 0 Å². The van der Waals surface area contributed by atoms with Crippen molar-refractivity contribution in [2.24, 2.45) is 0 Å². The Morgan fingerprint density at radius 1 is 1.50 bits per heavy atom. The number of pyridine rings is 1. The minimum atomic E-state index is -0.567. The van der Waals surface area contributed by atoms with E-state index in [1.165, 1.54) is 0 Å². The molecule has 5 nitrogen and oxygen atoms in total. The molecule has 0 aliphatic heterocycles. The fourth-order valence-corrected chi connectivity index (χ4v) is 1.70. The molecular weight excluding hydrogens is 324 g/mol. The van der Waals surface area contributed by atoms with Gasteiger partial charge in [-0.2, -0.15) is 0 Å². The van der Waals surface area contributed by atoms with Crippen molar-refractivity contribution in [1.82, 2.24) is 10.3 Å². The van der Waals surface area contributed by atoms with Gasteiger partial charge in [0.1, 0.15) is 10.2 Å².